The predicted molar refractivity (Wildman–Crippen MR) is 83.4 cm³/mol. The summed E-state index contributed by atoms with van der Waals surface area (Å²) in [6.45, 7) is 5.07. The first-order valence-electron chi connectivity index (χ1n) is 7.42. The number of aliphatic hydroxyl groups is 1. The van der Waals surface area contributed by atoms with E-state index in [9.17, 15) is 5.11 Å². The van der Waals surface area contributed by atoms with Crippen molar-refractivity contribution >= 4 is 15.9 Å². The molecule has 1 saturated carbocycles. The Kier molecular flexibility index (Phi) is 5.73. The Morgan fingerprint density at radius 2 is 1.80 bits per heavy atom. The van der Waals surface area contributed by atoms with Crippen molar-refractivity contribution in [2.24, 2.45) is 5.92 Å². The molecule has 0 aliphatic heterocycles. The average molecular weight is 343 g/mol. The lowest BCUT2D eigenvalue weighted by Crippen LogP contribution is -2.15. The molecule has 0 saturated heterocycles. The van der Waals surface area contributed by atoms with E-state index in [1.807, 2.05) is 26.0 Å². The van der Waals surface area contributed by atoms with E-state index in [1.165, 1.54) is 19.3 Å². The van der Waals surface area contributed by atoms with Crippen LogP contribution in [0, 0.1) is 5.92 Å². The van der Waals surface area contributed by atoms with Gasteiger partial charge in [-0.3, -0.25) is 0 Å². The number of ether oxygens (including phenoxy) is 2. The molecule has 20 heavy (non-hydrogen) atoms. The van der Waals surface area contributed by atoms with E-state index in [0.29, 0.717) is 24.9 Å². The zero-order valence-corrected chi connectivity index (χ0v) is 13.8. The van der Waals surface area contributed by atoms with E-state index in [4.69, 9.17) is 9.47 Å². The number of halogens is 1. The fraction of sp³-hybridized carbons (Fsp3) is 0.625. The third-order valence-electron chi connectivity index (χ3n) is 3.80. The average Bonchev–Trinajstić information content (AvgIpc) is 2.37. The van der Waals surface area contributed by atoms with Crippen LogP contribution in [0.15, 0.2) is 16.6 Å². The molecule has 1 aliphatic carbocycles. The highest BCUT2D eigenvalue weighted by Gasteiger charge is 2.24. The molecule has 0 radical (unpaired) electrons. The SMILES string of the molecule is CCOc1cc(Br)c(C(O)CC2CCC2)cc1OCC. The van der Waals surface area contributed by atoms with E-state index in [1.54, 1.807) is 0 Å². The lowest BCUT2D eigenvalue weighted by molar-refractivity contribution is 0.117. The fourth-order valence-electron chi connectivity index (χ4n) is 2.51. The molecule has 2 rings (SSSR count). The summed E-state index contributed by atoms with van der Waals surface area (Å²) in [5.41, 5.74) is 0.892. The molecule has 1 atom stereocenters. The molecule has 1 aliphatic rings. The number of aliphatic hydroxyl groups excluding tert-OH is 1. The highest BCUT2D eigenvalue weighted by atomic mass is 79.9. The van der Waals surface area contributed by atoms with Crippen molar-refractivity contribution in [1.82, 2.24) is 0 Å². The molecule has 0 bridgehead atoms. The van der Waals surface area contributed by atoms with E-state index in [-0.39, 0.29) is 0 Å². The molecular formula is C16H23BrO3. The summed E-state index contributed by atoms with van der Waals surface area (Å²) in [5.74, 6) is 2.10. The van der Waals surface area contributed by atoms with Crippen LogP contribution in [0.3, 0.4) is 0 Å². The first kappa shape index (κ1) is 15.6. The predicted octanol–water partition coefficient (Wildman–Crippen LogP) is 4.47. The van der Waals surface area contributed by atoms with Crippen molar-refractivity contribution in [1.29, 1.82) is 0 Å². The van der Waals surface area contributed by atoms with Crippen LogP contribution in [0.5, 0.6) is 11.5 Å². The van der Waals surface area contributed by atoms with Crippen molar-refractivity contribution in [3.8, 4) is 11.5 Å². The second-order valence-electron chi connectivity index (χ2n) is 5.23. The third-order valence-corrected chi connectivity index (χ3v) is 4.49. The zero-order chi connectivity index (χ0) is 14.5. The van der Waals surface area contributed by atoms with Gasteiger partial charge in [-0.2, -0.15) is 0 Å². The van der Waals surface area contributed by atoms with Gasteiger partial charge in [0.25, 0.3) is 0 Å². The van der Waals surface area contributed by atoms with E-state index in [0.717, 1.165) is 22.2 Å². The fourth-order valence-corrected chi connectivity index (χ4v) is 3.10. The summed E-state index contributed by atoms with van der Waals surface area (Å²) in [7, 11) is 0. The topological polar surface area (TPSA) is 38.7 Å². The largest absolute Gasteiger partial charge is 0.490 e. The minimum atomic E-state index is -0.440. The highest BCUT2D eigenvalue weighted by Crippen LogP contribution is 2.40. The zero-order valence-electron chi connectivity index (χ0n) is 12.2. The standard InChI is InChI=1S/C16H23BrO3/c1-3-19-15-9-12(13(17)10-16(15)20-4-2)14(18)8-11-6-5-7-11/h9-11,14,18H,3-8H2,1-2H3. The van der Waals surface area contributed by atoms with Gasteiger partial charge in [0.05, 0.1) is 19.3 Å². The van der Waals surface area contributed by atoms with Gasteiger partial charge in [-0.05, 0) is 43.9 Å². The summed E-state index contributed by atoms with van der Waals surface area (Å²) in [5, 5.41) is 10.4. The maximum absolute atomic E-state index is 10.4. The van der Waals surface area contributed by atoms with Gasteiger partial charge in [0, 0.05) is 4.47 Å². The Balaban J connectivity index is 2.20. The van der Waals surface area contributed by atoms with Crippen molar-refractivity contribution < 1.29 is 14.6 Å². The molecule has 1 fully saturated rings. The van der Waals surface area contributed by atoms with Crippen LogP contribution >= 0.6 is 15.9 Å². The van der Waals surface area contributed by atoms with Crippen LogP contribution in [0.2, 0.25) is 0 Å². The molecule has 3 nitrogen and oxygen atoms in total. The van der Waals surface area contributed by atoms with Gasteiger partial charge in [0.1, 0.15) is 0 Å². The Morgan fingerprint density at radius 3 is 2.30 bits per heavy atom. The van der Waals surface area contributed by atoms with Crippen molar-refractivity contribution in [3.05, 3.63) is 22.2 Å². The number of rotatable bonds is 7. The van der Waals surface area contributed by atoms with E-state index >= 15 is 0 Å². The summed E-state index contributed by atoms with van der Waals surface area (Å²) in [6.07, 6.45) is 4.17. The summed E-state index contributed by atoms with van der Waals surface area (Å²) in [4.78, 5) is 0. The molecule has 1 aromatic rings. The van der Waals surface area contributed by atoms with Crippen molar-refractivity contribution in [2.45, 2.75) is 45.6 Å². The monoisotopic (exact) mass is 342 g/mol. The van der Waals surface area contributed by atoms with Crippen LogP contribution in [0.1, 0.15) is 51.2 Å². The Bertz CT molecular complexity index is 444. The number of benzene rings is 1. The molecule has 0 heterocycles. The van der Waals surface area contributed by atoms with Crippen LogP contribution in [-0.2, 0) is 0 Å². The normalized spacial score (nSPS) is 16.6. The summed E-state index contributed by atoms with van der Waals surface area (Å²) < 4.78 is 12.1. The van der Waals surface area contributed by atoms with E-state index in [2.05, 4.69) is 15.9 Å². The van der Waals surface area contributed by atoms with Crippen LogP contribution in [-0.4, -0.2) is 18.3 Å². The molecular weight excluding hydrogens is 320 g/mol. The van der Waals surface area contributed by atoms with Gasteiger partial charge in [-0.1, -0.05) is 35.2 Å². The first-order chi connectivity index (χ1) is 9.65. The summed E-state index contributed by atoms with van der Waals surface area (Å²) >= 11 is 3.54. The first-order valence-corrected chi connectivity index (χ1v) is 8.22. The molecule has 4 heteroatoms. The van der Waals surface area contributed by atoms with Gasteiger partial charge < -0.3 is 14.6 Å². The minimum absolute atomic E-state index is 0.440. The Labute approximate surface area is 129 Å². The van der Waals surface area contributed by atoms with Gasteiger partial charge in [0.2, 0.25) is 0 Å². The minimum Gasteiger partial charge on any atom is -0.490 e. The van der Waals surface area contributed by atoms with Crippen molar-refractivity contribution in [3.63, 3.8) is 0 Å². The molecule has 0 aromatic heterocycles. The maximum Gasteiger partial charge on any atom is 0.162 e. The Morgan fingerprint density at radius 1 is 1.20 bits per heavy atom. The summed E-state index contributed by atoms with van der Waals surface area (Å²) in [6, 6.07) is 3.80. The molecule has 1 unspecified atom stereocenters. The molecule has 0 spiro atoms. The van der Waals surface area contributed by atoms with Crippen molar-refractivity contribution in [2.75, 3.05) is 13.2 Å². The van der Waals surface area contributed by atoms with Gasteiger partial charge in [-0.15, -0.1) is 0 Å². The molecule has 1 N–H and O–H groups in total. The molecule has 112 valence electrons. The lowest BCUT2D eigenvalue weighted by Gasteiger charge is -2.28. The lowest BCUT2D eigenvalue weighted by atomic mass is 9.80. The van der Waals surface area contributed by atoms with Crippen LogP contribution in [0.25, 0.3) is 0 Å². The second kappa shape index (κ2) is 7.32. The Hall–Kier alpha value is -0.740. The molecule has 1 aromatic carbocycles. The van der Waals surface area contributed by atoms with Crippen LogP contribution in [0.4, 0.5) is 0 Å². The van der Waals surface area contributed by atoms with E-state index < -0.39 is 6.10 Å². The second-order valence-corrected chi connectivity index (χ2v) is 6.09. The number of hydrogen-bond acceptors (Lipinski definition) is 3. The maximum atomic E-state index is 10.4. The van der Waals surface area contributed by atoms with Gasteiger partial charge in [0.15, 0.2) is 11.5 Å². The highest BCUT2D eigenvalue weighted by molar-refractivity contribution is 9.10. The molecule has 0 amide bonds. The quantitative estimate of drug-likeness (QED) is 0.794. The van der Waals surface area contributed by atoms with Crippen LogP contribution < -0.4 is 9.47 Å². The number of hydrogen-bond donors (Lipinski definition) is 1. The van der Waals surface area contributed by atoms with Gasteiger partial charge >= 0.3 is 0 Å². The smallest absolute Gasteiger partial charge is 0.162 e. The third kappa shape index (κ3) is 3.67. The van der Waals surface area contributed by atoms with Gasteiger partial charge in [-0.25, -0.2) is 0 Å².